The van der Waals surface area contributed by atoms with Crippen molar-refractivity contribution >= 4 is 23.4 Å². The van der Waals surface area contributed by atoms with Crippen LogP contribution in [0.1, 0.15) is 12.8 Å². The first kappa shape index (κ1) is 13.1. The third-order valence-corrected chi connectivity index (χ3v) is 4.06. The first-order valence-corrected chi connectivity index (χ1v) is 7.28. The number of rotatable bonds is 6. The second kappa shape index (κ2) is 7.21. The molecule has 0 aromatic carbocycles. The van der Waals surface area contributed by atoms with Gasteiger partial charge in [-0.2, -0.15) is 0 Å². The van der Waals surface area contributed by atoms with Crippen LogP contribution >= 0.6 is 23.4 Å². The van der Waals surface area contributed by atoms with Gasteiger partial charge in [0.2, 0.25) is 0 Å². The average molecular weight is 273 g/mol. The summed E-state index contributed by atoms with van der Waals surface area (Å²) in [6.45, 7) is 2.83. The smallest absolute Gasteiger partial charge is 0.115 e. The van der Waals surface area contributed by atoms with Crippen molar-refractivity contribution in [1.29, 1.82) is 0 Å². The molecule has 1 unspecified atom stereocenters. The summed E-state index contributed by atoms with van der Waals surface area (Å²) in [4.78, 5) is 4.23. The molecule has 0 spiro atoms. The van der Waals surface area contributed by atoms with E-state index in [1.807, 2.05) is 12.1 Å². The van der Waals surface area contributed by atoms with Crippen molar-refractivity contribution in [3.05, 3.63) is 23.4 Å². The molecule has 94 valence electrons. The molecule has 0 saturated carbocycles. The Kier molecular flexibility index (Phi) is 5.58. The summed E-state index contributed by atoms with van der Waals surface area (Å²) < 4.78 is 5.53. The fourth-order valence-corrected chi connectivity index (χ4v) is 2.83. The molecule has 0 aliphatic carbocycles. The number of hydrogen-bond donors (Lipinski definition) is 1. The first-order valence-electron chi connectivity index (χ1n) is 5.92. The van der Waals surface area contributed by atoms with E-state index in [2.05, 4.69) is 10.3 Å². The lowest BCUT2D eigenvalue weighted by Gasteiger charge is -2.10. The molecule has 1 aliphatic heterocycles. The number of thioether (sulfide) groups is 1. The zero-order valence-electron chi connectivity index (χ0n) is 9.69. The molecule has 0 radical (unpaired) electrons. The second-order valence-electron chi connectivity index (χ2n) is 3.98. The third-order valence-electron chi connectivity index (χ3n) is 2.64. The van der Waals surface area contributed by atoms with Crippen molar-refractivity contribution < 1.29 is 4.74 Å². The van der Waals surface area contributed by atoms with Crippen molar-refractivity contribution in [3.8, 4) is 0 Å². The van der Waals surface area contributed by atoms with E-state index in [1.165, 1.54) is 12.8 Å². The number of nitrogens with one attached hydrogen (secondary N) is 1. The lowest BCUT2D eigenvalue weighted by atomic mass is 10.2. The van der Waals surface area contributed by atoms with Gasteiger partial charge in [-0.05, 0) is 25.0 Å². The van der Waals surface area contributed by atoms with Crippen LogP contribution in [-0.4, -0.2) is 36.5 Å². The van der Waals surface area contributed by atoms with Crippen LogP contribution in [0.4, 0.5) is 0 Å². The number of halogens is 1. The summed E-state index contributed by atoms with van der Waals surface area (Å²) in [5.41, 5.74) is 0. The normalized spacial score (nSPS) is 19.7. The van der Waals surface area contributed by atoms with E-state index in [9.17, 15) is 0 Å². The summed E-state index contributed by atoms with van der Waals surface area (Å²) in [6.07, 6.45) is 4.57. The predicted octanol–water partition coefficient (Wildman–Crippen LogP) is 2.60. The summed E-state index contributed by atoms with van der Waals surface area (Å²) in [5, 5.41) is 5.04. The first-order chi connectivity index (χ1) is 8.36. The molecule has 1 aromatic rings. The van der Waals surface area contributed by atoms with Gasteiger partial charge in [-0.15, -0.1) is 11.8 Å². The monoisotopic (exact) mass is 272 g/mol. The zero-order valence-corrected chi connectivity index (χ0v) is 11.3. The van der Waals surface area contributed by atoms with E-state index in [-0.39, 0.29) is 0 Å². The number of aromatic nitrogens is 1. The maximum absolute atomic E-state index is 6.02. The fraction of sp³-hybridized carbons (Fsp3) is 0.583. The molecule has 0 bridgehead atoms. The van der Waals surface area contributed by atoms with Gasteiger partial charge in [-0.3, -0.25) is 0 Å². The highest BCUT2D eigenvalue weighted by Crippen LogP contribution is 2.23. The highest BCUT2D eigenvalue weighted by atomic mass is 35.5. The molecule has 1 N–H and O–H groups in total. The Morgan fingerprint density at radius 3 is 3.29 bits per heavy atom. The van der Waals surface area contributed by atoms with Gasteiger partial charge in [0.15, 0.2) is 0 Å². The summed E-state index contributed by atoms with van der Waals surface area (Å²) in [7, 11) is 0. The van der Waals surface area contributed by atoms with Crippen molar-refractivity contribution in [1.82, 2.24) is 10.3 Å². The molecule has 1 aromatic heterocycles. The Hall–Kier alpha value is -0.290. The van der Waals surface area contributed by atoms with Crippen LogP contribution in [0.2, 0.25) is 5.02 Å². The minimum Gasteiger partial charge on any atom is -0.377 e. The molecule has 1 aliphatic rings. The molecular formula is C12H17ClN2OS. The van der Waals surface area contributed by atoms with Crippen LogP contribution in [-0.2, 0) is 4.74 Å². The summed E-state index contributed by atoms with van der Waals surface area (Å²) in [5.74, 6) is 0.976. The lowest BCUT2D eigenvalue weighted by Crippen LogP contribution is -2.27. The molecule has 1 fully saturated rings. The maximum Gasteiger partial charge on any atom is 0.115 e. The van der Waals surface area contributed by atoms with Gasteiger partial charge < -0.3 is 10.1 Å². The molecule has 0 amide bonds. The maximum atomic E-state index is 6.02. The summed E-state index contributed by atoms with van der Waals surface area (Å²) >= 11 is 7.70. The van der Waals surface area contributed by atoms with Gasteiger partial charge in [0.25, 0.3) is 0 Å². The molecule has 17 heavy (non-hydrogen) atoms. The van der Waals surface area contributed by atoms with E-state index < -0.39 is 0 Å². The van der Waals surface area contributed by atoms with E-state index >= 15 is 0 Å². The van der Waals surface area contributed by atoms with E-state index in [4.69, 9.17) is 16.3 Å². The number of hydrogen-bond acceptors (Lipinski definition) is 4. The largest absolute Gasteiger partial charge is 0.377 e. The van der Waals surface area contributed by atoms with Gasteiger partial charge in [-0.1, -0.05) is 11.6 Å². The van der Waals surface area contributed by atoms with Crippen LogP contribution in [0.5, 0.6) is 0 Å². The zero-order chi connectivity index (χ0) is 11.9. The number of ether oxygens (including phenoxy) is 1. The van der Waals surface area contributed by atoms with E-state index in [0.717, 1.165) is 35.5 Å². The highest BCUT2D eigenvalue weighted by Gasteiger charge is 2.14. The fourth-order valence-electron chi connectivity index (χ4n) is 1.77. The Labute approximate surface area is 111 Å². The van der Waals surface area contributed by atoms with Crippen molar-refractivity contribution in [2.24, 2.45) is 0 Å². The van der Waals surface area contributed by atoms with Crippen LogP contribution in [0.15, 0.2) is 23.4 Å². The molecule has 1 saturated heterocycles. The van der Waals surface area contributed by atoms with Crippen LogP contribution in [0.3, 0.4) is 0 Å². The van der Waals surface area contributed by atoms with E-state index in [1.54, 1.807) is 18.0 Å². The van der Waals surface area contributed by atoms with Crippen LogP contribution in [0, 0.1) is 0 Å². The predicted molar refractivity (Wildman–Crippen MR) is 71.8 cm³/mol. The SMILES string of the molecule is Clc1cccnc1SCCNCC1CCCO1. The third kappa shape index (κ3) is 4.47. The molecular weight excluding hydrogens is 256 g/mol. The van der Waals surface area contributed by atoms with Crippen LogP contribution < -0.4 is 5.32 Å². The van der Waals surface area contributed by atoms with Gasteiger partial charge in [0.05, 0.1) is 11.1 Å². The second-order valence-corrected chi connectivity index (χ2v) is 5.47. The topological polar surface area (TPSA) is 34.2 Å². The molecule has 2 heterocycles. The van der Waals surface area contributed by atoms with Gasteiger partial charge in [-0.25, -0.2) is 4.98 Å². The van der Waals surface area contributed by atoms with Crippen molar-refractivity contribution in [2.75, 3.05) is 25.4 Å². The molecule has 2 rings (SSSR count). The number of pyridine rings is 1. The molecule has 5 heteroatoms. The summed E-state index contributed by atoms with van der Waals surface area (Å²) in [6, 6.07) is 3.72. The Balaban J connectivity index is 1.58. The van der Waals surface area contributed by atoms with Crippen molar-refractivity contribution in [3.63, 3.8) is 0 Å². The van der Waals surface area contributed by atoms with Gasteiger partial charge >= 0.3 is 0 Å². The Morgan fingerprint density at radius 1 is 1.59 bits per heavy atom. The highest BCUT2D eigenvalue weighted by molar-refractivity contribution is 7.99. The van der Waals surface area contributed by atoms with Gasteiger partial charge in [0, 0.05) is 31.6 Å². The Bertz CT molecular complexity index is 345. The minimum atomic E-state index is 0.415. The lowest BCUT2D eigenvalue weighted by molar-refractivity contribution is 0.110. The molecule has 3 nitrogen and oxygen atoms in total. The number of nitrogens with zero attached hydrogens (tertiary/aromatic N) is 1. The van der Waals surface area contributed by atoms with Crippen molar-refractivity contribution in [2.45, 2.75) is 24.0 Å². The standard InChI is InChI=1S/C12H17ClN2OS/c13-11-4-1-5-15-12(11)17-8-6-14-9-10-3-2-7-16-10/h1,4-5,10,14H,2-3,6-9H2. The average Bonchev–Trinajstić information content (AvgIpc) is 2.84. The minimum absolute atomic E-state index is 0.415. The van der Waals surface area contributed by atoms with Gasteiger partial charge in [0.1, 0.15) is 5.03 Å². The van der Waals surface area contributed by atoms with Crippen LogP contribution in [0.25, 0.3) is 0 Å². The molecule has 1 atom stereocenters. The van der Waals surface area contributed by atoms with E-state index in [0.29, 0.717) is 6.10 Å². The Morgan fingerprint density at radius 2 is 2.53 bits per heavy atom. The quantitative estimate of drug-likeness (QED) is 0.638.